The number of aryl methyl sites for hydroxylation is 2. The Morgan fingerprint density at radius 2 is 1.90 bits per heavy atom. The molecule has 2 aromatic rings. The van der Waals surface area contributed by atoms with E-state index in [1.54, 1.807) is 0 Å². The predicted molar refractivity (Wildman–Crippen MR) is 78.9 cm³/mol. The summed E-state index contributed by atoms with van der Waals surface area (Å²) in [7, 11) is 0. The fraction of sp³-hybridized carbons (Fsp3) is 0.467. The van der Waals surface area contributed by atoms with E-state index in [2.05, 4.69) is 15.3 Å². The summed E-state index contributed by atoms with van der Waals surface area (Å²) in [6, 6.07) is 3.68. The minimum absolute atomic E-state index is 0.268. The Bertz CT molecular complexity index is 614. The van der Waals surface area contributed by atoms with Crippen LogP contribution in [0.25, 0.3) is 11.0 Å². The lowest BCUT2D eigenvalue weighted by Crippen LogP contribution is -2.36. The molecule has 3 N–H and O–H groups in total. The highest BCUT2D eigenvalue weighted by atomic mass is 16.4. The molecule has 1 amide bonds. The zero-order chi connectivity index (χ0) is 15.1. The second-order valence-electron chi connectivity index (χ2n) is 6.32. The minimum Gasteiger partial charge on any atom is -0.465 e. The number of fused-ring (bicyclic) bond motifs is 1. The van der Waals surface area contributed by atoms with Crippen LogP contribution in [0.2, 0.25) is 0 Å². The van der Waals surface area contributed by atoms with Crippen LogP contribution in [0.1, 0.15) is 43.8 Å². The van der Waals surface area contributed by atoms with Gasteiger partial charge in [-0.1, -0.05) is 20.8 Å². The molecule has 1 heterocycles. The Morgan fingerprint density at radius 1 is 1.30 bits per heavy atom. The third-order valence-corrected chi connectivity index (χ3v) is 3.52. The number of hydrogen-bond acceptors (Lipinski definition) is 2. The van der Waals surface area contributed by atoms with Gasteiger partial charge in [-0.15, -0.1) is 0 Å². The zero-order valence-corrected chi connectivity index (χ0v) is 12.5. The van der Waals surface area contributed by atoms with E-state index in [0.29, 0.717) is 5.82 Å². The standard InChI is InChI=1S/C15H21N3O2/c1-8-6-10-11(7-9(8)2)17-13(16-10)12(15(3,4)5)18-14(19)20/h6-7,12,18H,1-5H3,(H,16,17)(H,19,20). The van der Waals surface area contributed by atoms with E-state index in [9.17, 15) is 4.79 Å². The first-order chi connectivity index (χ1) is 9.18. The van der Waals surface area contributed by atoms with Crippen molar-refractivity contribution < 1.29 is 9.90 Å². The Hall–Kier alpha value is -2.04. The van der Waals surface area contributed by atoms with Crippen LogP contribution in [-0.2, 0) is 0 Å². The third-order valence-electron chi connectivity index (χ3n) is 3.52. The number of aromatic amines is 1. The average Bonchev–Trinajstić information content (AvgIpc) is 2.67. The summed E-state index contributed by atoms with van der Waals surface area (Å²) in [5.41, 5.74) is 3.89. The van der Waals surface area contributed by atoms with Gasteiger partial charge in [0.2, 0.25) is 0 Å². The molecule has 0 bridgehead atoms. The highest BCUT2D eigenvalue weighted by molar-refractivity contribution is 5.77. The van der Waals surface area contributed by atoms with Crippen LogP contribution in [0.5, 0.6) is 0 Å². The number of benzene rings is 1. The first kappa shape index (κ1) is 14.4. The molecule has 0 spiro atoms. The fourth-order valence-electron chi connectivity index (χ4n) is 2.24. The zero-order valence-electron chi connectivity index (χ0n) is 12.5. The maximum absolute atomic E-state index is 11.0. The lowest BCUT2D eigenvalue weighted by Gasteiger charge is -2.28. The summed E-state index contributed by atoms with van der Waals surface area (Å²) in [5.74, 6) is 0.653. The number of hydrogen-bond donors (Lipinski definition) is 3. The second kappa shape index (κ2) is 4.81. The fourth-order valence-corrected chi connectivity index (χ4v) is 2.24. The molecule has 0 fully saturated rings. The first-order valence-corrected chi connectivity index (χ1v) is 6.65. The Balaban J connectivity index is 2.51. The number of nitrogens with one attached hydrogen (secondary N) is 2. The topological polar surface area (TPSA) is 78.0 Å². The molecule has 20 heavy (non-hydrogen) atoms. The van der Waals surface area contributed by atoms with Gasteiger partial charge in [-0.2, -0.15) is 0 Å². The van der Waals surface area contributed by atoms with Crippen molar-refractivity contribution in [2.75, 3.05) is 0 Å². The van der Waals surface area contributed by atoms with Gasteiger partial charge in [-0.25, -0.2) is 9.78 Å². The maximum atomic E-state index is 11.0. The molecule has 0 aliphatic carbocycles. The molecular formula is C15H21N3O2. The number of imidazole rings is 1. The molecule has 1 atom stereocenters. The van der Waals surface area contributed by atoms with Gasteiger partial charge in [0.15, 0.2) is 0 Å². The Morgan fingerprint density at radius 3 is 2.45 bits per heavy atom. The van der Waals surface area contributed by atoms with Crippen molar-refractivity contribution in [2.45, 2.75) is 40.7 Å². The van der Waals surface area contributed by atoms with Crippen LogP contribution in [-0.4, -0.2) is 21.2 Å². The largest absolute Gasteiger partial charge is 0.465 e. The number of amides is 1. The summed E-state index contributed by atoms with van der Waals surface area (Å²) in [6.45, 7) is 10.0. The average molecular weight is 275 g/mol. The number of H-pyrrole nitrogens is 1. The Labute approximate surface area is 118 Å². The van der Waals surface area contributed by atoms with Gasteiger partial charge >= 0.3 is 6.09 Å². The number of rotatable bonds is 2. The SMILES string of the molecule is Cc1cc2nc(C(NC(=O)O)C(C)(C)C)[nH]c2cc1C. The molecule has 1 aromatic carbocycles. The lowest BCUT2D eigenvalue weighted by atomic mass is 9.86. The van der Waals surface area contributed by atoms with E-state index >= 15 is 0 Å². The summed E-state index contributed by atoms with van der Waals surface area (Å²) < 4.78 is 0. The van der Waals surface area contributed by atoms with E-state index < -0.39 is 6.09 Å². The van der Waals surface area contributed by atoms with Gasteiger partial charge in [-0.05, 0) is 42.5 Å². The van der Waals surface area contributed by atoms with E-state index in [0.717, 1.165) is 11.0 Å². The van der Waals surface area contributed by atoms with Gasteiger partial charge in [0, 0.05) is 0 Å². The van der Waals surface area contributed by atoms with Gasteiger partial charge < -0.3 is 15.4 Å². The third kappa shape index (κ3) is 2.76. The van der Waals surface area contributed by atoms with Crippen LogP contribution in [0.4, 0.5) is 4.79 Å². The van der Waals surface area contributed by atoms with Crippen molar-refractivity contribution in [3.63, 3.8) is 0 Å². The maximum Gasteiger partial charge on any atom is 0.405 e. The van der Waals surface area contributed by atoms with E-state index in [4.69, 9.17) is 5.11 Å². The van der Waals surface area contributed by atoms with Crippen LogP contribution in [0.3, 0.4) is 0 Å². The van der Waals surface area contributed by atoms with Crippen molar-refractivity contribution in [2.24, 2.45) is 5.41 Å². The molecule has 0 aliphatic heterocycles. The molecule has 1 unspecified atom stereocenters. The van der Waals surface area contributed by atoms with Crippen molar-refractivity contribution in [1.29, 1.82) is 0 Å². The van der Waals surface area contributed by atoms with Gasteiger partial charge in [-0.3, -0.25) is 0 Å². The highest BCUT2D eigenvalue weighted by Gasteiger charge is 2.30. The quantitative estimate of drug-likeness (QED) is 0.784. The van der Waals surface area contributed by atoms with Gasteiger partial charge in [0.1, 0.15) is 5.82 Å². The van der Waals surface area contributed by atoms with E-state index in [-0.39, 0.29) is 11.5 Å². The molecule has 0 aliphatic rings. The molecule has 5 nitrogen and oxygen atoms in total. The lowest BCUT2D eigenvalue weighted by molar-refractivity contribution is 0.173. The second-order valence-corrected chi connectivity index (χ2v) is 6.32. The van der Waals surface area contributed by atoms with Crippen molar-refractivity contribution >= 4 is 17.1 Å². The number of nitrogens with zero attached hydrogens (tertiary/aromatic N) is 1. The summed E-state index contributed by atoms with van der Waals surface area (Å²) >= 11 is 0. The van der Waals surface area contributed by atoms with Gasteiger partial charge in [0.25, 0.3) is 0 Å². The smallest absolute Gasteiger partial charge is 0.405 e. The van der Waals surface area contributed by atoms with E-state index in [1.807, 2.05) is 46.8 Å². The van der Waals surface area contributed by atoms with Crippen LogP contribution < -0.4 is 5.32 Å². The molecule has 5 heteroatoms. The summed E-state index contributed by atoms with van der Waals surface area (Å²) in [5, 5.41) is 11.6. The normalized spacial score (nSPS) is 13.4. The van der Waals surface area contributed by atoms with Crippen molar-refractivity contribution in [1.82, 2.24) is 15.3 Å². The molecule has 2 rings (SSSR count). The summed E-state index contributed by atoms with van der Waals surface area (Å²) in [6.07, 6.45) is -1.04. The van der Waals surface area contributed by atoms with Crippen LogP contribution >= 0.6 is 0 Å². The molecule has 0 radical (unpaired) electrons. The van der Waals surface area contributed by atoms with E-state index in [1.165, 1.54) is 11.1 Å². The Kier molecular flexibility index (Phi) is 3.46. The highest BCUT2D eigenvalue weighted by Crippen LogP contribution is 2.32. The van der Waals surface area contributed by atoms with Crippen molar-refractivity contribution in [3.05, 3.63) is 29.1 Å². The molecule has 0 saturated carbocycles. The van der Waals surface area contributed by atoms with Crippen LogP contribution in [0, 0.1) is 19.3 Å². The van der Waals surface area contributed by atoms with Gasteiger partial charge in [0.05, 0.1) is 17.1 Å². The molecular weight excluding hydrogens is 254 g/mol. The van der Waals surface area contributed by atoms with Crippen molar-refractivity contribution in [3.8, 4) is 0 Å². The monoisotopic (exact) mass is 275 g/mol. The molecule has 108 valence electrons. The number of carbonyl (C=O) groups is 1. The predicted octanol–water partition coefficient (Wildman–Crippen LogP) is 3.53. The minimum atomic E-state index is -1.04. The summed E-state index contributed by atoms with van der Waals surface area (Å²) in [4.78, 5) is 18.8. The first-order valence-electron chi connectivity index (χ1n) is 6.65. The number of aromatic nitrogens is 2. The van der Waals surface area contributed by atoms with Crippen LogP contribution in [0.15, 0.2) is 12.1 Å². The molecule has 0 saturated heterocycles. The number of carboxylic acid groups (broad SMARTS) is 1. The molecule has 1 aromatic heterocycles.